The van der Waals surface area contributed by atoms with Crippen molar-refractivity contribution in [3.05, 3.63) is 77.5 Å². The third kappa shape index (κ3) is 4.57. The zero-order chi connectivity index (χ0) is 22.9. The molecule has 1 unspecified atom stereocenters. The van der Waals surface area contributed by atoms with Crippen LogP contribution >= 0.6 is 0 Å². The Labute approximate surface area is 188 Å². The Morgan fingerprint density at radius 2 is 1.72 bits per heavy atom. The molecule has 1 aliphatic carbocycles. The second kappa shape index (κ2) is 8.58. The zero-order valence-corrected chi connectivity index (χ0v) is 18.7. The van der Waals surface area contributed by atoms with Crippen LogP contribution in [-0.4, -0.2) is 17.6 Å². The summed E-state index contributed by atoms with van der Waals surface area (Å²) < 4.78 is 0. The number of rotatable bonds is 4. The smallest absolute Gasteiger partial charge is 0.232 e. The minimum absolute atomic E-state index is 0.0239. The molecule has 0 saturated carbocycles. The maximum absolute atomic E-state index is 13.3. The Morgan fingerprint density at radius 3 is 2.38 bits per heavy atom. The van der Waals surface area contributed by atoms with Gasteiger partial charge in [0.2, 0.25) is 11.8 Å². The lowest BCUT2D eigenvalue weighted by Gasteiger charge is -2.42. The number of amides is 2. The highest BCUT2D eigenvalue weighted by Gasteiger charge is 2.43. The van der Waals surface area contributed by atoms with Gasteiger partial charge in [0.05, 0.1) is 0 Å². The fourth-order valence-electron chi connectivity index (χ4n) is 4.61. The standard InChI is InChI=1S/C27H28N2O3/c1-18(30)28-21-11-13-22(14-12-21)29-23-16-27(2,3)17-24(31)26(23)20(15-25(29)32)10-9-19-7-5-4-6-8-19/h4-14,20H,15-17H2,1-3H3,(H,28,30)/b10-9+. The van der Waals surface area contributed by atoms with Crippen molar-refractivity contribution in [1.29, 1.82) is 0 Å². The van der Waals surface area contributed by atoms with E-state index in [1.54, 1.807) is 17.0 Å². The summed E-state index contributed by atoms with van der Waals surface area (Å²) in [5.74, 6) is -0.281. The lowest BCUT2D eigenvalue weighted by Crippen LogP contribution is -2.44. The van der Waals surface area contributed by atoms with E-state index in [4.69, 9.17) is 0 Å². The van der Waals surface area contributed by atoms with E-state index in [1.165, 1.54) is 6.92 Å². The molecule has 5 nitrogen and oxygen atoms in total. The summed E-state index contributed by atoms with van der Waals surface area (Å²) in [5.41, 5.74) is 3.77. The molecule has 1 N–H and O–H groups in total. The minimum atomic E-state index is -0.226. The lowest BCUT2D eigenvalue weighted by atomic mass is 9.70. The van der Waals surface area contributed by atoms with Crippen LogP contribution in [-0.2, 0) is 14.4 Å². The predicted octanol–water partition coefficient (Wildman–Crippen LogP) is 5.35. The third-order valence-electron chi connectivity index (χ3n) is 5.95. The van der Waals surface area contributed by atoms with Crippen LogP contribution in [0.5, 0.6) is 0 Å². The molecular formula is C27H28N2O3. The third-order valence-corrected chi connectivity index (χ3v) is 5.95. The monoisotopic (exact) mass is 428 g/mol. The summed E-state index contributed by atoms with van der Waals surface area (Å²) in [7, 11) is 0. The van der Waals surface area contributed by atoms with E-state index in [9.17, 15) is 14.4 Å². The molecule has 32 heavy (non-hydrogen) atoms. The first kappa shape index (κ1) is 21.8. The Hall–Kier alpha value is -3.47. The molecule has 2 aliphatic rings. The van der Waals surface area contributed by atoms with Crippen molar-refractivity contribution in [2.45, 2.75) is 40.0 Å². The largest absolute Gasteiger partial charge is 0.326 e. The van der Waals surface area contributed by atoms with Crippen molar-refractivity contribution >= 4 is 35.0 Å². The molecule has 2 amide bonds. The van der Waals surface area contributed by atoms with Gasteiger partial charge in [-0.1, -0.05) is 56.3 Å². The van der Waals surface area contributed by atoms with E-state index in [-0.39, 0.29) is 35.4 Å². The molecule has 1 atom stereocenters. The number of carbonyl (C=O) groups excluding carboxylic acids is 3. The van der Waals surface area contributed by atoms with Crippen molar-refractivity contribution < 1.29 is 14.4 Å². The number of hydrogen-bond donors (Lipinski definition) is 1. The lowest BCUT2D eigenvalue weighted by molar-refractivity contribution is -0.121. The number of Topliss-reactive ketones (excluding diaryl/α,β-unsaturated/α-hetero) is 1. The molecule has 2 aromatic carbocycles. The number of nitrogens with one attached hydrogen (secondary N) is 1. The fraction of sp³-hybridized carbons (Fsp3) is 0.296. The van der Waals surface area contributed by atoms with Gasteiger partial charge < -0.3 is 5.32 Å². The normalized spacial score (nSPS) is 20.5. The molecular weight excluding hydrogens is 400 g/mol. The van der Waals surface area contributed by atoms with Gasteiger partial charge in [-0.3, -0.25) is 19.3 Å². The van der Waals surface area contributed by atoms with Crippen molar-refractivity contribution in [2.75, 3.05) is 10.2 Å². The Bertz CT molecular complexity index is 1110. The maximum Gasteiger partial charge on any atom is 0.232 e. The quantitative estimate of drug-likeness (QED) is 0.713. The second-order valence-corrected chi connectivity index (χ2v) is 9.34. The van der Waals surface area contributed by atoms with Crippen LogP contribution in [0.3, 0.4) is 0 Å². The van der Waals surface area contributed by atoms with E-state index in [2.05, 4.69) is 19.2 Å². The van der Waals surface area contributed by atoms with Crippen molar-refractivity contribution in [3.63, 3.8) is 0 Å². The number of nitrogens with zero attached hydrogens (tertiary/aromatic N) is 1. The predicted molar refractivity (Wildman–Crippen MR) is 127 cm³/mol. The molecule has 1 aliphatic heterocycles. The van der Waals surface area contributed by atoms with E-state index < -0.39 is 0 Å². The Balaban J connectivity index is 1.74. The van der Waals surface area contributed by atoms with Crippen LogP contribution < -0.4 is 10.2 Å². The van der Waals surface area contributed by atoms with Gasteiger partial charge in [0.1, 0.15) is 0 Å². The van der Waals surface area contributed by atoms with Gasteiger partial charge in [0.15, 0.2) is 5.78 Å². The average Bonchev–Trinajstić information content (AvgIpc) is 2.72. The number of anilines is 2. The van der Waals surface area contributed by atoms with Crippen molar-refractivity contribution in [3.8, 4) is 0 Å². The fourth-order valence-corrected chi connectivity index (χ4v) is 4.61. The average molecular weight is 429 g/mol. The highest BCUT2D eigenvalue weighted by molar-refractivity contribution is 6.07. The van der Waals surface area contributed by atoms with Crippen LogP contribution in [0, 0.1) is 11.3 Å². The minimum Gasteiger partial charge on any atom is -0.326 e. The molecule has 0 aromatic heterocycles. The first-order valence-corrected chi connectivity index (χ1v) is 10.9. The second-order valence-electron chi connectivity index (χ2n) is 9.34. The topological polar surface area (TPSA) is 66.5 Å². The molecule has 0 fully saturated rings. The summed E-state index contributed by atoms with van der Waals surface area (Å²) in [5, 5.41) is 2.74. The van der Waals surface area contributed by atoms with E-state index in [0.717, 1.165) is 16.8 Å². The summed E-state index contributed by atoms with van der Waals surface area (Å²) in [6.07, 6.45) is 5.37. The van der Waals surface area contributed by atoms with Crippen LogP contribution in [0.1, 0.15) is 45.6 Å². The highest BCUT2D eigenvalue weighted by atomic mass is 16.2. The van der Waals surface area contributed by atoms with Gasteiger partial charge in [-0.25, -0.2) is 0 Å². The molecule has 2 aromatic rings. The van der Waals surface area contributed by atoms with Gasteiger partial charge in [0, 0.05) is 48.3 Å². The first-order valence-electron chi connectivity index (χ1n) is 10.9. The number of hydrogen-bond acceptors (Lipinski definition) is 3. The van der Waals surface area contributed by atoms with Gasteiger partial charge >= 0.3 is 0 Å². The van der Waals surface area contributed by atoms with Gasteiger partial charge in [-0.05, 0) is 41.7 Å². The number of benzene rings is 2. The number of allylic oxidation sites excluding steroid dienone is 3. The number of ketones is 1. The first-order chi connectivity index (χ1) is 15.2. The summed E-state index contributed by atoms with van der Waals surface area (Å²) in [6, 6.07) is 17.1. The molecule has 164 valence electrons. The van der Waals surface area contributed by atoms with Crippen LogP contribution in [0.4, 0.5) is 11.4 Å². The Kier molecular flexibility index (Phi) is 5.83. The van der Waals surface area contributed by atoms with Crippen LogP contribution in [0.25, 0.3) is 6.08 Å². The highest BCUT2D eigenvalue weighted by Crippen LogP contribution is 2.45. The van der Waals surface area contributed by atoms with Gasteiger partial charge in [0.25, 0.3) is 0 Å². The molecule has 0 radical (unpaired) electrons. The molecule has 0 saturated heterocycles. The van der Waals surface area contributed by atoms with E-state index >= 15 is 0 Å². The van der Waals surface area contributed by atoms with Gasteiger partial charge in [-0.15, -0.1) is 0 Å². The molecule has 0 bridgehead atoms. The molecule has 5 heteroatoms. The van der Waals surface area contributed by atoms with Crippen LogP contribution in [0.15, 0.2) is 71.9 Å². The maximum atomic E-state index is 13.3. The van der Waals surface area contributed by atoms with Crippen LogP contribution in [0.2, 0.25) is 0 Å². The molecule has 1 heterocycles. The van der Waals surface area contributed by atoms with E-state index in [0.29, 0.717) is 24.2 Å². The van der Waals surface area contributed by atoms with Gasteiger partial charge in [-0.2, -0.15) is 0 Å². The number of carbonyl (C=O) groups is 3. The molecule has 4 rings (SSSR count). The van der Waals surface area contributed by atoms with Crippen molar-refractivity contribution in [1.82, 2.24) is 0 Å². The zero-order valence-electron chi connectivity index (χ0n) is 18.7. The summed E-state index contributed by atoms with van der Waals surface area (Å²) in [4.78, 5) is 39.6. The van der Waals surface area contributed by atoms with E-state index in [1.807, 2.05) is 54.6 Å². The summed E-state index contributed by atoms with van der Waals surface area (Å²) in [6.45, 7) is 5.60. The van der Waals surface area contributed by atoms with Crippen molar-refractivity contribution in [2.24, 2.45) is 11.3 Å². The summed E-state index contributed by atoms with van der Waals surface area (Å²) >= 11 is 0. The molecule has 0 spiro atoms. The Morgan fingerprint density at radius 1 is 1.03 bits per heavy atom. The SMILES string of the molecule is CC(=O)Nc1ccc(N2C(=O)CC(/C=C/c3ccccc3)C3=C2CC(C)(C)CC3=O)cc1.